The molecule has 0 bridgehead atoms. The lowest BCUT2D eigenvalue weighted by Crippen LogP contribution is -2.65. The van der Waals surface area contributed by atoms with Gasteiger partial charge in [-0.25, -0.2) is 9.37 Å². The van der Waals surface area contributed by atoms with Gasteiger partial charge in [-0.1, -0.05) is 122 Å². The first-order valence-electron chi connectivity index (χ1n) is 16.7. The molecule has 0 amide bonds. The van der Waals surface area contributed by atoms with Gasteiger partial charge in [0.2, 0.25) is 5.36 Å². The number of ether oxygens (including phenoxy) is 2. The van der Waals surface area contributed by atoms with E-state index in [4.69, 9.17) is 9.47 Å². The number of benzene rings is 1. The first kappa shape index (κ1) is 33.2. The van der Waals surface area contributed by atoms with Gasteiger partial charge in [0.25, 0.3) is 6.04 Å². The van der Waals surface area contributed by atoms with Gasteiger partial charge in [-0.2, -0.15) is 11.8 Å². The van der Waals surface area contributed by atoms with Crippen molar-refractivity contribution in [3.8, 4) is 0 Å². The van der Waals surface area contributed by atoms with Crippen LogP contribution < -0.4 is 15.2 Å². The molecule has 3 atom stereocenters. The average Bonchev–Trinajstić information content (AvgIpc) is 2.94. The van der Waals surface area contributed by atoms with Crippen molar-refractivity contribution in [2.24, 2.45) is 5.41 Å². The summed E-state index contributed by atoms with van der Waals surface area (Å²) >= 11 is 1.99. The second-order valence-corrected chi connectivity index (χ2v) is 13.4. The number of methoxy groups -OCH3 is 1. The van der Waals surface area contributed by atoms with Gasteiger partial charge in [-0.05, 0) is 24.7 Å². The number of thioether (sulfide) groups is 1. The average molecular weight is 573 g/mol. The highest BCUT2D eigenvalue weighted by Crippen LogP contribution is 2.47. The summed E-state index contributed by atoms with van der Waals surface area (Å²) < 4.78 is 14.2. The molecule has 0 spiro atoms. The van der Waals surface area contributed by atoms with Crippen LogP contribution in [0.1, 0.15) is 123 Å². The molecular weight excluding hydrogens is 514 g/mol. The van der Waals surface area contributed by atoms with Gasteiger partial charge in [0.1, 0.15) is 6.54 Å². The molecule has 1 saturated heterocycles. The number of carbonyl (C=O) groups is 1. The fourth-order valence-electron chi connectivity index (χ4n) is 6.49. The summed E-state index contributed by atoms with van der Waals surface area (Å²) in [6, 6.07) is 8.21. The molecule has 0 aliphatic carbocycles. The van der Waals surface area contributed by atoms with Crippen molar-refractivity contribution >= 4 is 23.8 Å². The smallest absolute Gasteiger partial charge is 0.376 e. The molecule has 226 valence electrons. The van der Waals surface area contributed by atoms with Crippen molar-refractivity contribution in [1.82, 2.24) is 4.58 Å². The summed E-state index contributed by atoms with van der Waals surface area (Å²) in [5, 5.41) is 2.76. The van der Waals surface area contributed by atoms with Crippen molar-refractivity contribution < 1.29 is 14.3 Å². The second kappa shape index (κ2) is 19.0. The summed E-state index contributed by atoms with van der Waals surface area (Å²) in [6.45, 7) is 6.72. The molecule has 4 nitrogen and oxygen atoms in total. The van der Waals surface area contributed by atoms with E-state index in [0.717, 1.165) is 49.9 Å². The lowest BCUT2D eigenvalue weighted by Gasteiger charge is -2.45. The molecule has 0 N–H and O–H groups in total. The van der Waals surface area contributed by atoms with Crippen molar-refractivity contribution in [3.63, 3.8) is 0 Å². The largest absolute Gasteiger partial charge is 0.464 e. The maximum Gasteiger partial charge on any atom is 0.376 e. The van der Waals surface area contributed by atoms with Crippen LogP contribution >= 0.6 is 11.8 Å². The number of esters is 1. The minimum atomic E-state index is -0.367. The van der Waals surface area contributed by atoms with E-state index in [-0.39, 0.29) is 17.4 Å². The number of hydrogen-bond donors (Lipinski definition) is 0. The summed E-state index contributed by atoms with van der Waals surface area (Å²) in [4.78, 5) is 13.4. The van der Waals surface area contributed by atoms with Crippen molar-refractivity contribution in [3.05, 3.63) is 34.8 Å². The Balaban J connectivity index is 1.47. The maximum absolute atomic E-state index is 13.4. The number of para-hydroxylation sites is 1. The van der Waals surface area contributed by atoms with E-state index in [2.05, 4.69) is 48.8 Å². The fraction of sp³-hybridized carbons (Fsp3) is 0.771. The van der Waals surface area contributed by atoms with Crippen LogP contribution in [0, 0.1) is 5.41 Å². The van der Waals surface area contributed by atoms with Crippen LogP contribution in [-0.4, -0.2) is 49.9 Å². The normalized spacial score (nSPS) is 21.9. The van der Waals surface area contributed by atoms with Gasteiger partial charge < -0.3 is 9.47 Å². The summed E-state index contributed by atoms with van der Waals surface area (Å²) in [5.41, 5.74) is -0.367. The quantitative estimate of drug-likeness (QED) is 0.0830. The molecule has 40 heavy (non-hydrogen) atoms. The summed E-state index contributed by atoms with van der Waals surface area (Å²) in [6.07, 6.45) is 24.7. The number of unbranched alkanes of at least 4 members (excludes halogenated alkanes) is 14. The monoisotopic (exact) mass is 572 g/mol. The van der Waals surface area contributed by atoms with Gasteiger partial charge in [0, 0.05) is 29.6 Å². The Morgan fingerprint density at radius 1 is 0.875 bits per heavy atom. The Kier molecular flexibility index (Phi) is 15.7. The van der Waals surface area contributed by atoms with E-state index in [1.807, 2.05) is 11.8 Å². The lowest BCUT2D eigenvalue weighted by molar-refractivity contribution is -0.148. The molecule has 0 saturated carbocycles. The molecule has 1 aromatic rings. The van der Waals surface area contributed by atoms with Crippen LogP contribution in [0.3, 0.4) is 0 Å². The van der Waals surface area contributed by atoms with Gasteiger partial charge in [0.15, 0.2) is 0 Å². The number of fused-ring (bicyclic) bond motifs is 1. The number of rotatable bonds is 22. The molecule has 2 aliphatic rings. The third kappa shape index (κ3) is 9.61. The van der Waals surface area contributed by atoms with Crippen molar-refractivity contribution in [2.45, 2.75) is 134 Å². The standard InChI is InChI=1S/C35H58NO3S/c1-4-6-8-9-10-11-12-13-14-15-16-17-18-21-26-39-29-35(32-24-27-40-32)28-30-22-19-20-23-31(30)36(25-7-5-2)33(35)34(37)38-3/h19-20,22-23,28,32-33H,4-18,21,24-27,29H2,1-3H3/q+1. The summed E-state index contributed by atoms with van der Waals surface area (Å²) in [7, 11) is 1.54. The Morgan fingerprint density at radius 3 is 2.00 bits per heavy atom. The number of hydrogen-bond acceptors (Lipinski definition) is 4. The second-order valence-electron chi connectivity index (χ2n) is 12.1. The first-order valence-corrected chi connectivity index (χ1v) is 17.7. The third-order valence-electron chi connectivity index (χ3n) is 8.96. The van der Waals surface area contributed by atoms with Crippen LogP contribution in [0.5, 0.6) is 0 Å². The van der Waals surface area contributed by atoms with E-state index in [0.29, 0.717) is 11.9 Å². The van der Waals surface area contributed by atoms with Crippen molar-refractivity contribution in [1.29, 1.82) is 0 Å². The highest BCUT2D eigenvalue weighted by molar-refractivity contribution is 8.01. The van der Waals surface area contributed by atoms with E-state index in [9.17, 15) is 4.79 Å². The molecule has 1 aromatic carbocycles. The first-order chi connectivity index (χ1) is 19.7. The van der Waals surface area contributed by atoms with Crippen molar-refractivity contribution in [2.75, 3.05) is 32.6 Å². The minimum Gasteiger partial charge on any atom is -0.464 e. The molecule has 2 heterocycles. The topological polar surface area (TPSA) is 38.5 Å². The molecule has 3 unspecified atom stereocenters. The predicted octanol–water partition coefficient (Wildman–Crippen LogP) is 7.30. The van der Waals surface area contributed by atoms with Gasteiger partial charge >= 0.3 is 5.97 Å². The van der Waals surface area contributed by atoms with Crippen LogP contribution in [0.15, 0.2) is 24.3 Å². The number of carbonyl (C=O) groups excluding carboxylic acids is 1. The maximum atomic E-state index is 13.4. The molecule has 3 rings (SSSR count). The van der Waals surface area contributed by atoms with Gasteiger partial charge in [-0.3, -0.25) is 0 Å². The third-order valence-corrected chi connectivity index (χ3v) is 10.5. The Morgan fingerprint density at radius 2 is 1.45 bits per heavy atom. The zero-order chi connectivity index (χ0) is 28.5. The zero-order valence-electron chi connectivity index (χ0n) is 26.0. The van der Waals surface area contributed by atoms with Gasteiger partial charge in [-0.15, -0.1) is 0 Å². The Labute approximate surface area is 249 Å². The lowest BCUT2D eigenvalue weighted by atomic mass is 9.73. The SMILES string of the molecule is CCCCCCCCCCCCCCCCOCC1(C2CCS2)C=c2ccccc2=[N+](CCCC)C1C(=O)OC. The molecule has 0 radical (unpaired) electrons. The molecular formula is C35H58NO3S+. The molecule has 0 aromatic heterocycles. The van der Waals surface area contributed by atoms with Crippen LogP contribution in [0.2, 0.25) is 0 Å². The highest BCUT2D eigenvalue weighted by atomic mass is 32.2. The van der Waals surface area contributed by atoms with Crippen LogP contribution in [-0.2, 0) is 14.3 Å². The minimum absolute atomic E-state index is 0.130. The summed E-state index contributed by atoms with van der Waals surface area (Å²) in [5.74, 6) is 1.03. The van der Waals surface area contributed by atoms with E-state index in [1.54, 1.807) is 0 Å². The molecule has 1 fully saturated rings. The van der Waals surface area contributed by atoms with Crippen LogP contribution in [0.4, 0.5) is 0 Å². The highest BCUT2D eigenvalue weighted by Gasteiger charge is 2.58. The van der Waals surface area contributed by atoms with E-state index < -0.39 is 0 Å². The Bertz CT molecular complexity index is 975. The Hall–Kier alpha value is -1.33. The van der Waals surface area contributed by atoms with Gasteiger partial charge in [0.05, 0.1) is 19.1 Å². The number of nitrogens with zero attached hydrogens (tertiary/aromatic N) is 1. The van der Waals surface area contributed by atoms with Crippen LogP contribution in [0.25, 0.3) is 6.08 Å². The zero-order valence-corrected chi connectivity index (χ0v) is 26.8. The predicted molar refractivity (Wildman–Crippen MR) is 171 cm³/mol. The molecule has 2 aliphatic heterocycles. The van der Waals surface area contributed by atoms with E-state index in [1.165, 1.54) is 95.8 Å². The fourth-order valence-corrected chi connectivity index (χ4v) is 7.54. The molecule has 5 heteroatoms. The van der Waals surface area contributed by atoms with E-state index >= 15 is 0 Å².